The number of hydrogen-bond acceptors (Lipinski definition) is 6. The number of para-hydroxylation sites is 2. The zero-order valence-corrected chi connectivity index (χ0v) is 18.5. The van der Waals surface area contributed by atoms with Crippen LogP contribution in [0.5, 0.6) is 0 Å². The zero-order valence-electron chi connectivity index (χ0n) is 18.5. The molecule has 0 bridgehead atoms. The van der Waals surface area contributed by atoms with Crippen molar-refractivity contribution in [2.45, 2.75) is 6.17 Å². The van der Waals surface area contributed by atoms with E-state index in [1.54, 1.807) is 47.4 Å². The lowest BCUT2D eigenvalue weighted by atomic mass is 10.0. The van der Waals surface area contributed by atoms with Gasteiger partial charge in [-0.1, -0.05) is 60.7 Å². The average molecular weight is 464 g/mol. The molecule has 0 saturated carbocycles. The second kappa shape index (κ2) is 9.44. The Bertz CT molecular complexity index is 1440. The molecule has 1 unspecified atom stereocenters. The van der Waals surface area contributed by atoms with E-state index < -0.39 is 12.1 Å². The number of hydrogen-bond donors (Lipinski definition) is 3. The molecule has 0 saturated heterocycles. The van der Waals surface area contributed by atoms with E-state index in [2.05, 4.69) is 20.4 Å². The molecule has 4 N–H and O–H groups in total. The Balaban J connectivity index is 1.46. The molecule has 0 aliphatic carbocycles. The van der Waals surface area contributed by atoms with Gasteiger partial charge in [-0.2, -0.15) is 10.1 Å². The molecule has 0 spiro atoms. The summed E-state index contributed by atoms with van der Waals surface area (Å²) >= 11 is 0. The number of benzene rings is 3. The first-order valence-electron chi connectivity index (χ1n) is 10.8. The maximum atomic E-state index is 13.0. The van der Waals surface area contributed by atoms with Gasteiger partial charge >= 0.3 is 0 Å². The fourth-order valence-electron chi connectivity index (χ4n) is 3.74. The van der Waals surface area contributed by atoms with Crippen LogP contribution in [0.1, 0.15) is 16.7 Å². The van der Waals surface area contributed by atoms with Crippen molar-refractivity contribution in [2.24, 2.45) is 15.7 Å². The number of nitrogens with zero attached hydrogens (tertiary/aromatic N) is 4. The highest BCUT2D eigenvalue weighted by atomic mass is 16.5. The summed E-state index contributed by atoms with van der Waals surface area (Å²) in [6.07, 6.45) is 2.20. The minimum absolute atomic E-state index is 0.234. The first kappa shape index (κ1) is 21.8. The molecule has 172 valence electrons. The van der Waals surface area contributed by atoms with Crippen LogP contribution in [0.15, 0.2) is 107 Å². The molecule has 3 aromatic carbocycles. The minimum atomic E-state index is -1.20. The maximum Gasteiger partial charge on any atom is 0.291 e. The maximum absolute atomic E-state index is 13.0. The number of anilines is 1. The number of nitrogens with two attached hydrogens (primary N) is 1. The van der Waals surface area contributed by atoms with Gasteiger partial charge in [-0.25, -0.2) is 9.67 Å². The number of aliphatic imine (C=N–C) groups is 2. The van der Waals surface area contributed by atoms with E-state index in [1.165, 1.54) is 0 Å². The van der Waals surface area contributed by atoms with E-state index in [-0.39, 0.29) is 11.9 Å². The molecular weight excluding hydrogens is 442 g/mol. The lowest BCUT2D eigenvalue weighted by molar-refractivity contribution is -0.117. The van der Waals surface area contributed by atoms with Crippen LogP contribution in [-0.2, 0) is 9.53 Å². The standard InChI is InChI=1S/C26H21N7O2/c27-23(19-12-5-7-14-21(19)33-16-8-15-29-33)35-26(28)32-24-25(34)30-20-13-6-4-11-18(20)22(31-24)17-9-2-1-3-10-17/h1-16,24,27H,(H2,28,32)(H,30,34). The highest BCUT2D eigenvalue weighted by Crippen LogP contribution is 2.24. The van der Waals surface area contributed by atoms with Crippen LogP contribution in [0.3, 0.4) is 0 Å². The van der Waals surface area contributed by atoms with Gasteiger partial charge in [0, 0.05) is 23.5 Å². The van der Waals surface area contributed by atoms with E-state index in [0.29, 0.717) is 22.6 Å². The SMILES string of the molecule is N=C(O/C(N)=N/C1N=C(c2ccccc2)c2ccccc2NC1=O)c1ccccc1-n1cccn1. The second-order valence-electron chi connectivity index (χ2n) is 7.62. The number of amides is 1. The minimum Gasteiger partial charge on any atom is -0.407 e. The van der Waals surface area contributed by atoms with Crippen LogP contribution in [0.2, 0.25) is 0 Å². The molecule has 1 atom stereocenters. The number of ether oxygens (including phenoxy) is 1. The topological polar surface area (TPSA) is 131 Å². The number of carbonyl (C=O) groups is 1. The van der Waals surface area contributed by atoms with Gasteiger partial charge in [-0.3, -0.25) is 10.2 Å². The molecule has 0 radical (unpaired) electrons. The summed E-state index contributed by atoms with van der Waals surface area (Å²) in [5.41, 5.74) is 9.95. The van der Waals surface area contributed by atoms with Gasteiger partial charge < -0.3 is 15.8 Å². The van der Waals surface area contributed by atoms with Crippen LogP contribution in [0.25, 0.3) is 5.69 Å². The van der Waals surface area contributed by atoms with Crippen molar-refractivity contribution in [3.63, 3.8) is 0 Å². The molecule has 2 heterocycles. The van der Waals surface area contributed by atoms with Gasteiger partial charge in [0.1, 0.15) is 0 Å². The Morgan fingerprint density at radius 3 is 2.54 bits per heavy atom. The van der Waals surface area contributed by atoms with Crippen molar-refractivity contribution in [1.82, 2.24) is 9.78 Å². The number of nitrogens with one attached hydrogen (secondary N) is 2. The fourth-order valence-corrected chi connectivity index (χ4v) is 3.74. The average Bonchev–Trinajstić information content (AvgIpc) is 3.38. The summed E-state index contributed by atoms with van der Waals surface area (Å²) in [6, 6.07) is 25.5. The Morgan fingerprint density at radius 2 is 1.74 bits per heavy atom. The van der Waals surface area contributed by atoms with E-state index in [0.717, 1.165) is 11.1 Å². The molecule has 1 aliphatic rings. The number of benzodiazepines with no additional fused rings is 1. The molecule has 35 heavy (non-hydrogen) atoms. The van der Waals surface area contributed by atoms with Crippen molar-refractivity contribution in [3.8, 4) is 5.69 Å². The quantitative estimate of drug-likeness (QED) is 0.316. The molecule has 1 aliphatic heterocycles. The number of rotatable bonds is 4. The highest BCUT2D eigenvalue weighted by molar-refractivity contribution is 6.19. The van der Waals surface area contributed by atoms with E-state index in [9.17, 15) is 4.79 Å². The van der Waals surface area contributed by atoms with Crippen LogP contribution in [0.4, 0.5) is 5.69 Å². The van der Waals surface area contributed by atoms with Gasteiger partial charge in [0.15, 0.2) is 0 Å². The van der Waals surface area contributed by atoms with Crippen molar-refractivity contribution >= 4 is 29.2 Å². The third-order valence-electron chi connectivity index (χ3n) is 5.33. The molecule has 9 heteroatoms. The van der Waals surface area contributed by atoms with Crippen molar-refractivity contribution < 1.29 is 9.53 Å². The molecule has 9 nitrogen and oxygen atoms in total. The van der Waals surface area contributed by atoms with Crippen LogP contribution < -0.4 is 11.1 Å². The molecule has 5 rings (SSSR count). The van der Waals surface area contributed by atoms with Gasteiger partial charge in [-0.05, 0) is 24.3 Å². The van der Waals surface area contributed by atoms with E-state index in [1.807, 2.05) is 54.6 Å². The first-order valence-corrected chi connectivity index (χ1v) is 10.8. The predicted molar refractivity (Wildman–Crippen MR) is 134 cm³/mol. The summed E-state index contributed by atoms with van der Waals surface area (Å²) in [5.74, 6) is -0.694. The fraction of sp³-hybridized carbons (Fsp3) is 0.0385. The first-order chi connectivity index (χ1) is 17.1. The van der Waals surface area contributed by atoms with Gasteiger partial charge in [0.2, 0.25) is 12.1 Å². The summed E-state index contributed by atoms with van der Waals surface area (Å²) in [6.45, 7) is 0. The summed E-state index contributed by atoms with van der Waals surface area (Å²) in [5, 5.41) is 15.5. The van der Waals surface area contributed by atoms with Crippen LogP contribution in [0, 0.1) is 5.41 Å². The monoisotopic (exact) mass is 463 g/mol. The van der Waals surface area contributed by atoms with Crippen molar-refractivity contribution in [1.29, 1.82) is 5.41 Å². The number of fused-ring (bicyclic) bond motifs is 1. The normalized spacial score (nSPS) is 15.4. The number of aromatic nitrogens is 2. The lowest BCUT2D eigenvalue weighted by Crippen LogP contribution is -2.29. The van der Waals surface area contributed by atoms with Gasteiger partial charge in [0.05, 0.1) is 22.6 Å². The van der Waals surface area contributed by atoms with Gasteiger partial charge in [-0.15, -0.1) is 0 Å². The molecule has 0 fully saturated rings. The van der Waals surface area contributed by atoms with Crippen LogP contribution >= 0.6 is 0 Å². The third-order valence-corrected chi connectivity index (χ3v) is 5.33. The predicted octanol–water partition coefficient (Wildman–Crippen LogP) is 3.34. The largest absolute Gasteiger partial charge is 0.407 e. The van der Waals surface area contributed by atoms with Crippen LogP contribution in [-0.4, -0.2) is 39.5 Å². The van der Waals surface area contributed by atoms with E-state index >= 15 is 0 Å². The van der Waals surface area contributed by atoms with Crippen molar-refractivity contribution in [2.75, 3.05) is 5.32 Å². The molecule has 1 aromatic heterocycles. The zero-order chi connectivity index (χ0) is 24.2. The molecule has 4 aromatic rings. The van der Waals surface area contributed by atoms with Gasteiger partial charge in [0.25, 0.3) is 11.9 Å². The third kappa shape index (κ3) is 4.55. The Morgan fingerprint density at radius 1 is 1.00 bits per heavy atom. The molecular formula is C26H21N7O2. The number of carbonyl (C=O) groups excluding carboxylic acids is 1. The van der Waals surface area contributed by atoms with E-state index in [4.69, 9.17) is 15.9 Å². The number of amidine groups is 1. The summed E-state index contributed by atoms with van der Waals surface area (Å²) < 4.78 is 7.12. The Hall–Kier alpha value is -5.05. The molecule has 1 amide bonds. The Kier molecular flexibility index (Phi) is 5.87. The highest BCUT2D eigenvalue weighted by Gasteiger charge is 2.26. The lowest BCUT2D eigenvalue weighted by Gasteiger charge is -2.12. The van der Waals surface area contributed by atoms with Crippen molar-refractivity contribution in [3.05, 3.63) is 114 Å². The second-order valence-corrected chi connectivity index (χ2v) is 7.62. The summed E-state index contributed by atoms with van der Waals surface area (Å²) in [7, 11) is 0. The Labute approximate surface area is 201 Å². The summed E-state index contributed by atoms with van der Waals surface area (Å²) in [4.78, 5) is 21.8. The smallest absolute Gasteiger partial charge is 0.291 e.